The Balaban J connectivity index is 1.82. The van der Waals surface area contributed by atoms with Gasteiger partial charge in [-0.15, -0.1) is 0 Å². The number of nitrogens with zero attached hydrogens (tertiary/aromatic N) is 1. The maximum atomic E-state index is 12.8. The molecular weight excluding hydrogens is 402 g/mol. The lowest BCUT2D eigenvalue weighted by Crippen LogP contribution is -2.18. The number of halogens is 6. The highest BCUT2D eigenvalue weighted by atomic mass is 35.6. The third-order valence-corrected chi connectivity index (χ3v) is 4.02. The van der Waals surface area contributed by atoms with Crippen LogP contribution in [0.15, 0.2) is 42.6 Å². The normalized spacial score (nSPS) is 20.4. The second-order valence-corrected chi connectivity index (χ2v) is 8.10. The molecule has 0 N–H and O–H groups in total. The minimum Gasteiger partial charge on any atom is -0.439 e. The van der Waals surface area contributed by atoms with Gasteiger partial charge in [0, 0.05) is 18.7 Å². The molecule has 2 aromatic rings. The van der Waals surface area contributed by atoms with Gasteiger partial charge in [0.1, 0.15) is 11.4 Å². The monoisotopic (exact) mass is 411 g/mol. The summed E-state index contributed by atoms with van der Waals surface area (Å²) in [5, 5.41) is 0. The average molecular weight is 413 g/mol. The van der Waals surface area contributed by atoms with Crippen LogP contribution < -0.4 is 4.74 Å². The molecule has 0 aliphatic carbocycles. The molecule has 134 valence electrons. The Kier molecular flexibility index (Phi) is 4.83. The number of benzene rings is 1. The minimum atomic E-state index is -4.47. The Morgan fingerprint density at radius 2 is 1.88 bits per heavy atom. The molecule has 2 heterocycles. The molecule has 9 heteroatoms. The van der Waals surface area contributed by atoms with Crippen LogP contribution in [0.4, 0.5) is 13.2 Å². The van der Waals surface area contributed by atoms with E-state index in [1.54, 1.807) is 24.3 Å². The zero-order chi connectivity index (χ0) is 18.3. The summed E-state index contributed by atoms with van der Waals surface area (Å²) >= 11 is 17.5. The van der Waals surface area contributed by atoms with Crippen molar-refractivity contribution in [2.45, 2.75) is 22.0 Å². The second-order valence-electron chi connectivity index (χ2n) is 5.59. The molecule has 1 atom stereocenters. The largest absolute Gasteiger partial charge is 0.439 e. The topological polar surface area (TPSA) is 34.6 Å². The van der Waals surface area contributed by atoms with Gasteiger partial charge in [-0.1, -0.05) is 46.9 Å². The van der Waals surface area contributed by atoms with Crippen molar-refractivity contribution in [2.75, 3.05) is 6.61 Å². The van der Waals surface area contributed by atoms with Gasteiger partial charge in [0.25, 0.3) is 0 Å². The Morgan fingerprint density at radius 3 is 2.48 bits per heavy atom. The predicted molar refractivity (Wildman–Crippen MR) is 88.3 cm³/mol. The van der Waals surface area contributed by atoms with E-state index in [1.165, 1.54) is 0 Å². The molecule has 3 nitrogen and oxygen atoms in total. The number of epoxide rings is 1. The van der Waals surface area contributed by atoms with Crippen molar-refractivity contribution in [1.29, 1.82) is 0 Å². The van der Waals surface area contributed by atoms with Crippen LogP contribution in [0.5, 0.6) is 11.6 Å². The molecule has 1 aromatic heterocycles. The molecular formula is C16H11Cl3F3NO2. The Labute approximate surface area is 156 Å². The fourth-order valence-electron chi connectivity index (χ4n) is 2.39. The average Bonchev–Trinajstić information content (AvgIpc) is 3.26. The van der Waals surface area contributed by atoms with E-state index in [9.17, 15) is 13.2 Å². The molecule has 1 fully saturated rings. The maximum absolute atomic E-state index is 12.8. The van der Waals surface area contributed by atoms with Gasteiger partial charge in [0.2, 0.25) is 5.88 Å². The van der Waals surface area contributed by atoms with Crippen molar-refractivity contribution < 1.29 is 22.6 Å². The van der Waals surface area contributed by atoms with Gasteiger partial charge < -0.3 is 9.47 Å². The molecule has 0 bridgehead atoms. The highest BCUT2D eigenvalue weighted by Gasteiger charge is 2.51. The van der Waals surface area contributed by atoms with E-state index in [-0.39, 0.29) is 12.3 Å². The first-order valence-electron chi connectivity index (χ1n) is 7.10. The third kappa shape index (κ3) is 4.70. The second kappa shape index (κ2) is 6.50. The number of aromatic nitrogens is 1. The highest BCUT2D eigenvalue weighted by Crippen LogP contribution is 2.50. The molecule has 1 unspecified atom stereocenters. The number of hydrogen-bond acceptors (Lipinski definition) is 3. The maximum Gasteiger partial charge on any atom is 0.416 e. The van der Waals surface area contributed by atoms with Crippen LogP contribution in [0.25, 0.3) is 0 Å². The van der Waals surface area contributed by atoms with Crippen LogP contribution in [0, 0.1) is 0 Å². The number of alkyl halides is 6. The lowest BCUT2D eigenvalue weighted by Gasteiger charge is -2.18. The van der Waals surface area contributed by atoms with Gasteiger partial charge in [-0.2, -0.15) is 13.2 Å². The van der Waals surface area contributed by atoms with Crippen molar-refractivity contribution in [2.24, 2.45) is 0 Å². The highest BCUT2D eigenvalue weighted by molar-refractivity contribution is 6.67. The minimum absolute atomic E-state index is 0.149. The van der Waals surface area contributed by atoms with Crippen LogP contribution >= 0.6 is 34.8 Å². The summed E-state index contributed by atoms with van der Waals surface area (Å²) in [6.07, 6.45) is -3.29. The van der Waals surface area contributed by atoms with Gasteiger partial charge in [0.15, 0.2) is 3.79 Å². The van der Waals surface area contributed by atoms with Crippen molar-refractivity contribution in [3.8, 4) is 11.6 Å². The zero-order valence-corrected chi connectivity index (χ0v) is 14.8. The fourth-order valence-corrected chi connectivity index (χ4v) is 3.03. The van der Waals surface area contributed by atoms with Crippen LogP contribution in [0.2, 0.25) is 0 Å². The van der Waals surface area contributed by atoms with E-state index in [2.05, 4.69) is 4.98 Å². The summed E-state index contributed by atoms with van der Waals surface area (Å²) in [6, 6.07) is 8.38. The van der Waals surface area contributed by atoms with E-state index in [0.29, 0.717) is 17.9 Å². The number of hydrogen-bond donors (Lipinski definition) is 0. The van der Waals surface area contributed by atoms with Crippen LogP contribution in [-0.2, 0) is 16.5 Å². The van der Waals surface area contributed by atoms with E-state index >= 15 is 0 Å². The van der Waals surface area contributed by atoms with Gasteiger partial charge in [-0.3, -0.25) is 0 Å². The van der Waals surface area contributed by atoms with Crippen molar-refractivity contribution in [3.05, 3.63) is 53.7 Å². The van der Waals surface area contributed by atoms with E-state index in [4.69, 9.17) is 44.3 Å². The molecule has 25 heavy (non-hydrogen) atoms. The number of ether oxygens (including phenoxy) is 2. The smallest absolute Gasteiger partial charge is 0.416 e. The van der Waals surface area contributed by atoms with Gasteiger partial charge in [0.05, 0.1) is 12.2 Å². The first-order chi connectivity index (χ1) is 11.6. The molecule has 0 spiro atoms. The quantitative estimate of drug-likeness (QED) is 0.465. The first kappa shape index (κ1) is 18.6. The Morgan fingerprint density at radius 1 is 1.16 bits per heavy atom. The van der Waals surface area contributed by atoms with E-state index in [0.717, 1.165) is 18.3 Å². The molecule has 1 aliphatic rings. The van der Waals surface area contributed by atoms with E-state index in [1.807, 2.05) is 0 Å². The van der Waals surface area contributed by atoms with Gasteiger partial charge in [-0.05, 0) is 23.8 Å². The zero-order valence-electron chi connectivity index (χ0n) is 12.5. The Bertz CT molecular complexity index is 774. The van der Waals surface area contributed by atoms with Crippen LogP contribution in [0.1, 0.15) is 17.5 Å². The molecule has 0 amide bonds. The predicted octanol–water partition coefficient (Wildman–Crippen LogP) is 5.88. The summed E-state index contributed by atoms with van der Waals surface area (Å²) in [7, 11) is 0. The standard InChI is InChI=1S/C16H11Cl3F3NO2/c17-15(18,19)8-14(9-24-14)10-2-1-3-12(6-10)25-13-7-11(4-5-23-13)16(20,21)22/h1-7H,8-9H2. The molecule has 1 saturated heterocycles. The number of pyridine rings is 1. The molecule has 3 rings (SSSR count). The first-order valence-corrected chi connectivity index (χ1v) is 8.23. The van der Waals surface area contributed by atoms with Gasteiger partial charge >= 0.3 is 6.18 Å². The van der Waals surface area contributed by atoms with Crippen molar-refractivity contribution >= 4 is 34.8 Å². The van der Waals surface area contributed by atoms with Crippen LogP contribution in [0.3, 0.4) is 0 Å². The molecule has 1 aliphatic heterocycles. The summed E-state index contributed by atoms with van der Waals surface area (Å²) in [4.78, 5) is 3.80. The Hall–Kier alpha value is -1.21. The molecule has 0 saturated carbocycles. The lowest BCUT2D eigenvalue weighted by molar-refractivity contribution is -0.137. The molecule has 0 radical (unpaired) electrons. The lowest BCUT2D eigenvalue weighted by atomic mass is 9.97. The summed E-state index contributed by atoms with van der Waals surface area (Å²) in [5.41, 5.74) is -0.860. The van der Waals surface area contributed by atoms with Crippen molar-refractivity contribution in [3.63, 3.8) is 0 Å². The SMILES string of the molecule is FC(F)(F)c1ccnc(Oc2cccc(C3(CC(Cl)(Cl)Cl)CO3)c2)c1. The van der Waals surface area contributed by atoms with Crippen molar-refractivity contribution in [1.82, 2.24) is 4.98 Å². The fraction of sp³-hybridized carbons (Fsp3) is 0.312. The van der Waals surface area contributed by atoms with E-state index < -0.39 is 21.1 Å². The number of rotatable bonds is 4. The summed E-state index contributed by atoms with van der Waals surface area (Å²) in [5.74, 6) is 0.141. The summed E-state index contributed by atoms with van der Waals surface area (Å²) in [6.45, 7) is 0.381. The van der Waals surface area contributed by atoms with Gasteiger partial charge in [-0.25, -0.2) is 4.98 Å². The van der Waals surface area contributed by atoms with Crippen LogP contribution in [-0.4, -0.2) is 15.4 Å². The summed E-state index contributed by atoms with van der Waals surface area (Å²) < 4.78 is 47.7. The third-order valence-electron chi connectivity index (χ3n) is 3.62. The molecule has 1 aromatic carbocycles.